The zero-order chi connectivity index (χ0) is 25.2. The van der Waals surface area contributed by atoms with E-state index in [1.807, 2.05) is 0 Å². The molecule has 2 aromatic rings. The fraction of sp³-hybridized carbons (Fsp3) is 0.556. The molecule has 188 valence electrons. The predicted molar refractivity (Wildman–Crippen MR) is 109 cm³/mol. The van der Waals surface area contributed by atoms with E-state index in [9.17, 15) is 34.1 Å². The molecule has 15 nitrogen and oxygen atoms in total. The van der Waals surface area contributed by atoms with Gasteiger partial charge in [0.05, 0.1) is 25.5 Å². The van der Waals surface area contributed by atoms with E-state index in [0.29, 0.717) is 0 Å². The molecular formula is C18H24FN5O10. The quantitative estimate of drug-likeness (QED) is 0.216. The lowest BCUT2D eigenvalue weighted by Crippen LogP contribution is -2.36. The number of hydrogen-bond donors (Lipinski definition) is 7. The van der Waals surface area contributed by atoms with Crippen molar-refractivity contribution in [2.24, 2.45) is 0 Å². The Morgan fingerprint density at radius 3 is 2.32 bits per heavy atom. The number of nitrogens with two attached hydrogens (primary N) is 1. The molecule has 0 unspecified atom stereocenters. The highest BCUT2D eigenvalue weighted by atomic mass is 19.1. The minimum Gasteiger partial charge on any atom is -0.394 e. The van der Waals surface area contributed by atoms with Gasteiger partial charge in [0.25, 0.3) is 5.56 Å². The van der Waals surface area contributed by atoms with Gasteiger partial charge in [0.1, 0.15) is 36.5 Å². The SMILES string of the molecule is Nc1ccn([C@@H]2O[C@H](CO)[C@@H](O)[C@H]2O)c(=O)n1.O=c1[nH]c(=O)n([C@H]2C[C@H](O)[C@@H](CO)O2)cc1F. The number of halogens is 1. The monoisotopic (exact) mass is 489 g/mol. The van der Waals surface area contributed by atoms with Crippen LogP contribution < -0.4 is 22.7 Å². The van der Waals surface area contributed by atoms with E-state index in [1.54, 1.807) is 4.98 Å². The molecule has 2 aliphatic rings. The van der Waals surface area contributed by atoms with E-state index >= 15 is 0 Å². The highest BCUT2D eigenvalue weighted by Crippen LogP contribution is 2.28. The Bertz CT molecular complexity index is 1170. The molecule has 2 aromatic heterocycles. The first kappa shape index (κ1) is 25.6. The molecule has 8 N–H and O–H groups in total. The second kappa shape index (κ2) is 10.5. The Labute approximate surface area is 189 Å². The molecule has 0 spiro atoms. The van der Waals surface area contributed by atoms with Crippen LogP contribution in [0.1, 0.15) is 18.9 Å². The zero-order valence-electron chi connectivity index (χ0n) is 17.5. The third-order valence-corrected chi connectivity index (χ3v) is 5.26. The van der Waals surface area contributed by atoms with Crippen LogP contribution in [-0.2, 0) is 9.47 Å². The van der Waals surface area contributed by atoms with Gasteiger partial charge in [-0.15, -0.1) is 0 Å². The number of aliphatic hydroxyl groups is 5. The second-order valence-electron chi connectivity index (χ2n) is 7.53. The Kier molecular flexibility index (Phi) is 7.93. The number of rotatable bonds is 4. The molecule has 2 saturated heterocycles. The maximum Gasteiger partial charge on any atom is 0.351 e. The first-order valence-corrected chi connectivity index (χ1v) is 9.99. The highest BCUT2D eigenvalue weighted by molar-refractivity contribution is 5.23. The zero-order valence-corrected chi connectivity index (χ0v) is 17.5. The van der Waals surface area contributed by atoms with Gasteiger partial charge in [-0.05, 0) is 6.07 Å². The number of hydrogen-bond acceptors (Lipinski definition) is 12. The minimum absolute atomic E-state index is 0.0383. The van der Waals surface area contributed by atoms with Gasteiger partial charge in [0.2, 0.25) is 5.82 Å². The van der Waals surface area contributed by atoms with Gasteiger partial charge in [-0.2, -0.15) is 9.37 Å². The van der Waals surface area contributed by atoms with E-state index in [0.717, 1.165) is 15.3 Å². The molecule has 4 heterocycles. The van der Waals surface area contributed by atoms with E-state index in [2.05, 4.69) is 4.98 Å². The molecule has 0 aromatic carbocycles. The topological polar surface area (TPSA) is 235 Å². The van der Waals surface area contributed by atoms with Crippen LogP contribution in [0.15, 0.2) is 32.8 Å². The molecular weight excluding hydrogens is 465 g/mol. The Morgan fingerprint density at radius 1 is 1.09 bits per heavy atom. The van der Waals surface area contributed by atoms with E-state index in [1.165, 1.54) is 12.3 Å². The van der Waals surface area contributed by atoms with Crippen molar-refractivity contribution in [1.29, 1.82) is 0 Å². The molecule has 0 amide bonds. The van der Waals surface area contributed by atoms with E-state index in [-0.39, 0.29) is 12.2 Å². The normalized spacial score (nSPS) is 30.7. The van der Waals surface area contributed by atoms with Crippen LogP contribution in [-0.4, -0.2) is 88.4 Å². The molecule has 0 aliphatic carbocycles. The first-order valence-electron chi connectivity index (χ1n) is 9.99. The van der Waals surface area contributed by atoms with Gasteiger partial charge in [-0.25, -0.2) is 9.59 Å². The molecule has 2 aliphatic heterocycles. The van der Waals surface area contributed by atoms with Crippen molar-refractivity contribution in [2.75, 3.05) is 18.9 Å². The van der Waals surface area contributed by atoms with Crippen LogP contribution in [0.25, 0.3) is 0 Å². The average molecular weight is 489 g/mol. The largest absolute Gasteiger partial charge is 0.394 e. The standard InChI is InChI=1S/C9H11FN2O5.C9H13N3O5/c10-4-2-12(9(16)11-8(4)15)7-1-5(14)6(3-13)17-7;10-5-1-2-12(9(16)11-5)8-7(15)6(14)4(3-13)17-8/h2,5-7,13-14H,1,3H2,(H,11,15,16);1-2,4,6-8,13-15H,3H2,(H2,10,11,16)/t5-,6+,7+;4-,6-,7-,8-/m01/s1. The number of aromatic nitrogens is 4. The number of aliphatic hydroxyl groups excluding tert-OH is 5. The predicted octanol–water partition coefficient (Wildman–Crippen LogP) is -4.25. The van der Waals surface area contributed by atoms with Crippen molar-refractivity contribution in [2.45, 2.75) is 49.4 Å². The number of aromatic amines is 1. The fourth-order valence-electron chi connectivity index (χ4n) is 3.45. The Morgan fingerprint density at radius 2 is 1.76 bits per heavy atom. The number of H-pyrrole nitrogens is 1. The molecule has 0 radical (unpaired) electrons. The van der Waals surface area contributed by atoms with Crippen molar-refractivity contribution < 1.29 is 39.4 Å². The number of nitrogens with zero attached hydrogens (tertiary/aromatic N) is 3. The summed E-state index contributed by atoms with van der Waals surface area (Å²) >= 11 is 0. The smallest absolute Gasteiger partial charge is 0.351 e. The van der Waals surface area contributed by atoms with Gasteiger partial charge in [-0.1, -0.05) is 0 Å². The van der Waals surface area contributed by atoms with Crippen LogP contribution in [0.4, 0.5) is 10.2 Å². The lowest BCUT2D eigenvalue weighted by Gasteiger charge is -2.16. The highest BCUT2D eigenvalue weighted by Gasteiger charge is 2.43. The third-order valence-electron chi connectivity index (χ3n) is 5.26. The average Bonchev–Trinajstić information content (AvgIpc) is 3.30. The second-order valence-corrected chi connectivity index (χ2v) is 7.53. The van der Waals surface area contributed by atoms with Gasteiger partial charge in [-0.3, -0.25) is 18.9 Å². The van der Waals surface area contributed by atoms with Crippen LogP contribution in [0.2, 0.25) is 0 Å². The lowest BCUT2D eigenvalue weighted by atomic mass is 10.1. The van der Waals surface area contributed by atoms with Crippen molar-refractivity contribution in [3.05, 3.63) is 55.6 Å². The Balaban J connectivity index is 0.000000191. The first-order chi connectivity index (χ1) is 16.1. The summed E-state index contributed by atoms with van der Waals surface area (Å²) in [6.45, 7) is -0.857. The fourth-order valence-corrected chi connectivity index (χ4v) is 3.45. The van der Waals surface area contributed by atoms with Crippen molar-refractivity contribution in [3.63, 3.8) is 0 Å². The van der Waals surface area contributed by atoms with Gasteiger partial charge < -0.3 is 40.7 Å². The molecule has 7 atom stereocenters. The molecule has 0 bridgehead atoms. The molecule has 4 rings (SSSR count). The van der Waals surface area contributed by atoms with Gasteiger partial charge in [0.15, 0.2) is 6.23 Å². The van der Waals surface area contributed by atoms with Crippen LogP contribution >= 0.6 is 0 Å². The molecule has 0 saturated carbocycles. The summed E-state index contributed by atoms with van der Waals surface area (Å²) in [6, 6.07) is 1.37. The summed E-state index contributed by atoms with van der Waals surface area (Å²) in [4.78, 5) is 39.0. The molecule has 34 heavy (non-hydrogen) atoms. The summed E-state index contributed by atoms with van der Waals surface area (Å²) in [5, 5.41) is 46.5. The van der Waals surface area contributed by atoms with E-state index in [4.69, 9.17) is 25.4 Å². The van der Waals surface area contributed by atoms with Gasteiger partial charge in [0, 0.05) is 12.6 Å². The van der Waals surface area contributed by atoms with Crippen LogP contribution in [0.5, 0.6) is 0 Å². The number of nitrogen functional groups attached to an aromatic ring is 1. The summed E-state index contributed by atoms with van der Waals surface area (Å²) in [7, 11) is 0. The summed E-state index contributed by atoms with van der Waals surface area (Å²) in [6.07, 6.45) is -5.17. The van der Waals surface area contributed by atoms with Crippen molar-refractivity contribution in [3.8, 4) is 0 Å². The summed E-state index contributed by atoms with van der Waals surface area (Å²) in [5.74, 6) is -1.06. The lowest BCUT2D eigenvalue weighted by molar-refractivity contribution is -0.0549. The van der Waals surface area contributed by atoms with Crippen LogP contribution in [0.3, 0.4) is 0 Å². The molecule has 16 heteroatoms. The number of ether oxygens (including phenoxy) is 2. The van der Waals surface area contributed by atoms with Crippen LogP contribution in [0, 0.1) is 5.82 Å². The number of anilines is 1. The van der Waals surface area contributed by atoms with Gasteiger partial charge >= 0.3 is 11.4 Å². The molecule has 2 fully saturated rings. The van der Waals surface area contributed by atoms with E-state index < -0.39 is 78.9 Å². The maximum absolute atomic E-state index is 13.0. The number of nitrogens with one attached hydrogen (secondary N) is 1. The third kappa shape index (κ3) is 5.22. The Hall–Kier alpha value is -2.99. The van der Waals surface area contributed by atoms with Crippen molar-refractivity contribution in [1.82, 2.24) is 19.1 Å². The minimum atomic E-state index is -1.31. The summed E-state index contributed by atoms with van der Waals surface area (Å²) < 4.78 is 25.2. The maximum atomic E-state index is 13.0. The summed E-state index contributed by atoms with van der Waals surface area (Å²) in [5.41, 5.74) is 2.70. The van der Waals surface area contributed by atoms with Crippen molar-refractivity contribution >= 4 is 5.82 Å².